The zero-order valence-corrected chi connectivity index (χ0v) is 8.39. The van der Waals surface area contributed by atoms with Crippen LogP contribution in [-0.4, -0.2) is 13.7 Å². The van der Waals surface area contributed by atoms with Gasteiger partial charge >= 0.3 is 0 Å². The summed E-state index contributed by atoms with van der Waals surface area (Å²) in [6.45, 7) is 1.10. The first-order valence-corrected chi connectivity index (χ1v) is 4.67. The molecule has 0 spiro atoms. The fourth-order valence-electron chi connectivity index (χ4n) is 1.19. The van der Waals surface area contributed by atoms with Crippen LogP contribution in [0.3, 0.4) is 0 Å². The molecule has 0 aliphatic carbocycles. The molecule has 2 rings (SSSR count). The Hall–Kier alpha value is -0.540. The van der Waals surface area contributed by atoms with Gasteiger partial charge in [0.2, 0.25) is 0 Å². The number of hydrogen-bond donors (Lipinski definition) is 1. The van der Waals surface area contributed by atoms with Crippen LogP contribution in [0.25, 0.3) is 0 Å². The number of ether oxygens (including phenoxy) is 1. The van der Waals surface area contributed by atoms with Crippen LogP contribution in [0, 0.1) is 0 Å². The largest absolute Gasteiger partial charge is 0.496 e. The fourth-order valence-corrected chi connectivity index (χ4v) is 1.75. The number of methoxy groups -OCH3 is 1. The number of halogens is 1. The molecule has 1 saturated heterocycles. The molecule has 64 valence electrons. The lowest BCUT2D eigenvalue weighted by Gasteiger charge is -2.04. The van der Waals surface area contributed by atoms with Crippen molar-refractivity contribution in [3.63, 3.8) is 0 Å². The quantitative estimate of drug-likeness (QED) is 0.786. The second-order valence-electron chi connectivity index (χ2n) is 2.85. The van der Waals surface area contributed by atoms with Gasteiger partial charge in [-0.1, -0.05) is 6.07 Å². The normalized spacial score (nSPS) is 20.7. The molecule has 1 atom stereocenters. The van der Waals surface area contributed by atoms with Gasteiger partial charge < -0.3 is 10.1 Å². The highest BCUT2D eigenvalue weighted by Crippen LogP contribution is 2.30. The van der Waals surface area contributed by atoms with E-state index < -0.39 is 0 Å². The highest BCUT2D eigenvalue weighted by Gasteiger charge is 2.22. The number of nitrogens with one attached hydrogen (secondary N) is 1. The lowest BCUT2D eigenvalue weighted by atomic mass is 10.1. The third kappa shape index (κ3) is 1.47. The fraction of sp³-hybridized carbons (Fsp3) is 0.333. The summed E-state index contributed by atoms with van der Waals surface area (Å²) in [6.07, 6.45) is 0. The maximum Gasteiger partial charge on any atom is 0.133 e. The van der Waals surface area contributed by atoms with Crippen LogP contribution in [0.2, 0.25) is 0 Å². The standard InChI is InChI=1S/C9H10BrNO/c1-12-9-3-2-6(4-7(9)10)8-5-11-8/h2-4,8,11H,5H2,1H3. The summed E-state index contributed by atoms with van der Waals surface area (Å²) in [5.74, 6) is 0.888. The van der Waals surface area contributed by atoms with E-state index in [-0.39, 0.29) is 0 Å². The SMILES string of the molecule is COc1ccc(C2CN2)cc1Br. The summed E-state index contributed by atoms with van der Waals surface area (Å²) in [6, 6.07) is 6.74. The summed E-state index contributed by atoms with van der Waals surface area (Å²) >= 11 is 3.45. The average molecular weight is 228 g/mol. The predicted octanol–water partition coefficient (Wildman–Crippen LogP) is 2.10. The zero-order valence-electron chi connectivity index (χ0n) is 6.80. The molecule has 0 bridgehead atoms. The monoisotopic (exact) mass is 227 g/mol. The first-order valence-electron chi connectivity index (χ1n) is 3.88. The van der Waals surface area contributed by atoms with E-state index in [1.165, 1.54) is 5.56 Å². The summed E-state index contributed by atoms with van der Waals surface area (Å²) in [4.78, 5) is 0. The molecule has 1 heterocycles. The van der Waals surface area contributed by atoms with Crippen LogP contribution in [0.1, 0.15) is 11.6 Å². The van der Waals surface area contributed by atoms with Crippen molar-refractivity contribution in [2.45, 2.75) is 6.04 Å². The van der Waals surface area contributed by atoms with Crippen molar-refractivity contribution in [1.82, 2.24) is 5.32 Å². The minimum Gasteiger partial charge on any atom is -0.496 e. The van der Waals surface area contributed by atoms with Crippen molar-refractivity contribution in [2.75, 3.05) is 13.7 Å². The van der Waals surface area contributed by atoms with Crippen molar-refractivity contribution < 1.29 is 4.74 Å². The van der Waals surface area contributed by atoms with Crippen LogP contribution in [0.4, 0.5) is 0 Å². The van der Waals surface area contributed by atoms with Crippen LogP contribution in [0.5, 0.6) is 5.75 Å². The topological polar surface area (TPSA) is 31.2 Å². The van der Waals surface area contributed by atoms with Crippen LogP contribution in [0.15, 0.2) is 22.7 Å². The van der Waals surface area contributed by atoms with Gasteiger partial charge in [0.1, 0.15) is 5.75 Å². The Balaban J connectivity index is 2.30. The Morgan fingerprint density at radius 3 is 2.83 bits per heavy atom. The zero-order chi connectivity index (χ0) is 8.55. The molecule has 1 fully saturated rings. The van der Waals surface area contributed by atoms with E-state index in [0.29, 0.717) is 6.04 Å². The molecule has 0 aromatic heterocycles. The highest BCUT2D eigenvalue weighted by atomic mass is 79.9. The van der Waals surface area contributed by atoms with Crippen molar-refractivity contribution in [3.05, 3.63) is 28.2 Å². The molecule has 0 radical (unpaired) electrons. The molecule has 12 heavy (non-hydrogen) atoms. The molecule has 1 unspecified atom stereocenters. The van der Waals surface area contributed by atoms with E-state index in [1.807, 2.05) is 6.07 Å². The first-order chi connectivity index (χ1) is 5.81. The van der Waals surface area contributed by atoms with Crippen molar-refractivity contribution in [1.29, 1.82) is 0 Å². The van der Waals surface area contributed by atoms with Gasteiger partial charge in [0.15, 0.2) is 0 Å². The Morgan fingerprint density at radius 1 is 1.58 bits per heavy atom. The van der Waals surface area contributed by atoms with Gasteiger partial charge in [0.25, 0.3) is 0 Å². The molecule has 1 N–H and O–H groups in total. The first kappa shape index (κ1) is 8.08. The van der Waals surface area contributed by atoms with Gasteiger partial charge in [-0.15, -0.1) is 0 Å². The van der Waals surface area contributed by atoms with E-state index in [9.17, 15) is 0 Å². The molecule has 0 saturated carbocycles. The molecule has 1 aromatic carbocycles. The third-order valence-corrected chi connectivity index (χ3v) is 2.61. The van der Waals surface area contributed by atoms with E-state index >= 15 is 0 Å². The minimum absolute atomic E-state index is 0.562. The van der Waals surface area contributed by atoms with Crippen molar-refractivity contribution in [3.8, 4) is 5.75 Å². The van der Waals surface area contributed by atoms with Gasteiger partial charge in [-0.05, 0) is 33.6 Å². The molecule has 0 amide bonds. The molecule has 3 heteroatoms. The number of rotatable bonds is 2. The summed E-state index contributed by atoms with van der Waals surface area (Å²) in [5.41, 5.74) is 1.32. The second-order valence-corrected chi connectivity index (χ2v) is 3.71. The molecule has 2 nitrogen and oxygen atoms in total. The molecular formula is C9H10BrNO. The predicted molar refractivity (Wildman–Crippen MR) is 51.4 cm³/mol. The summed E-state index contributed by atoms with van der Waals surface area (Å²) in [5, 5.41) is 3.25. The Labute approximate surface area is 80.1 Å². The highest BCUT2D eigenvalue weighted by molar-refractivity contribution is 9.10. The Kier molecular flexibility index (Phi) is 2.07. The van der Waals surface area contributed by atoms with Gasteiger partial charge in [0.05, 0.1) is 11.6 Å². The smallest absolute Gasteiger partial charge is 0.133 e. The van der Waals surface area contributed by atoms with Gasteiger partial charge in [0, 0.05) is 12.6 Å². The Morgan fingerprint density at radius 2 is 2.33 bits per heavy atom. The van der Waals surface area contributed by atoms with Crippen molar-refractivity contribution in [2.24, 2.45) is 0 Å². The van der Waals surface area contributed by atoms with E-state index in [4.69, 9.17) is 4.74 Å². The second kappa shape index (κ2) is 3.07. The summed E-state index contributed by atoms with van der Waals surface area (Å²) in [7, 11) is 1.68. The number of hydrogen-bond acceptors (Lipinski definition) is 2. The Bertz CT molecular complexity index is 297. The van der Waals surface area contributed by atoms with Crippen LogP contribution >= 0.6 is 15.9 Å². The van der Waals surface area contributed by atoms with E-state index in [1.54, 1.807) is 7.11 Å². The molecule has 1 aliphatic rings. The van der Waals surface area contributed by atoms with E-state index in [0.717, 1.165) is 16.8 Å². The lowest BCUT2D eigenvalue weighted by Crippen LogP contribution is -1.88. The number of benzene rings is 1. The van der Waals surface area contributed by atoms with Crippen LogP contribution in [-0.2, 0) is 0 Å². The van der Waals surface area contributed by atoms with E-state index in [2.05, 4.69) is 33.4 Å². The maximum absolute atomic E-state index is 5.13. The maximum atomic E-state index is 5.13. The lowest BCUT2D eigenvalue weighted by molar-refractivity contribution is 0.412. The third-order valence-electron chi connectivity index (χ3n) is 1.99. The van der Waals surface area contributed by atoms with Gasteiger partial charge in [-0.3, -0.25) is 0 Å². The average Bonchev–Trinajstić information content (AvgIpc) is 2.86. The van der Waals surface area contributed by atoms with Gasteiger partial charge in [-0.25, -0.2) is 0 Å². The molecule has 1 aliphatic heterocycles. The minimum atomic E-state index is 0.562. The van der Waals surface area contributed by atoms with Crippen LogP contribution < -0.4 is 10.1 Å². The van der Waals surface area contributed by atoms with Crippen molar-refractivity contribution >= 4 is 15.9 Å². The summed E-state index contributed by atoms with van der Waals surface area (Å²) < 4.78 is 6.16. The van der Waals surface area contributed by atoms with Gasteiger partial charge in [-0.2, -0.15) is 0 Å². The molecular weight excluding hydrogens is 218 g/mol. The molecule has 1 aromatic rings.